The van der Waals surface area contributed by atoms with E-state index in [0.29, 0.717) is 44.6 Å². The number of halogens is 3. The van der Waals surface area contributed by atoms with E-state index in [4.69, 9.17) is 23.2 Å². The van der Waals surface area contributed by atoms with E-state index in [2.05, 4.69) is 31.4 Å². The normalized spacial score (nSPS) is 10.9. The second-order valence-corrected chi connectivity index (χ2v) is 10.2. The van der Waals surface area contributed by atoms with Gasteiger partial charge < -0.3 is 5.32 Å². The van der Waals surface area contributed by atoms with E-state index in [1.807, 2.05) is 10.6 Å². The van der Waals surface area contributed by atoms with Crippen molar-refractivity contribution in [3.05, 3.63) is 54.9 Å². The molecule has 2 heterocycles. The van der Waals surface area contributed by atoms with Crippen LogP contribution < -0.4 is 5.32 Å². The third-order valence-corrected chi connectivity index (χ3v) is 6.74. The van der Waals surface area contributed by atoms with Crippen LogP contribution in [0.2, 0.25) is 10.0 Å². The number of nitrogens with zero attached hydrogens (tertiary/aromatic N) is 3. The van der Waals surface area contributed by atoms with Crippen molar-refractivity contribution in [1.82, 2.24) is 20.1 Å². The monoisotopic (exact) mass is 532 g/mol. The summed E-state index contributed by atoms with van der Waals surface area (Å²) in [7, 11) is 0. The Kier molecular flexibility index (Phi) is 7.75. The predicted octanol–water partition coefficient (Wildman–Crippen LogP) is 5.05. The fraction of sp³-hybridized carbons (Fsp3) is 0.222. The number of aromatic nitrogens is 3. The van der Waals surface area contributed by atoms with Gasteiger partial charge in [0, 0.05) is 29.9 Å². The van der Waals surface area contributed by atoms with Crippen molar-refractivity contribution < 1.29 is 9.59 Å². The number of thiophene rings is 1. The molecular formula is C18H15BrCl2N4O2S2. The van der Waals surface area contributed by atoms with Crippen molar-refractivity contribution in [1.29, 1.82) is 0 Å². The van der Waals surface area contributed by atoms with Crippen molar-refractivity contribution in [2.75, 3.05) is 12.3 Å². The zero-order chi connectivity index (χ0) is 21.0. The summed E-state index contributed by atoms with van der Waals surface area (Å²) in [6.07, 6.45) is 0.461. The average molecular weight is 534 g/mol. The smallest absolute Gasteiger partial charge is 0.216 e. The molecule has 3 rings (SSSR count). The number of hydrogen-bond donors (Lipinski definition) is 1. The number of hydrogen-bond acceptors (Lipinski definition) is 6. The minimum Gasteiger partial charge on any atom is -0.356 e. The van der Waals surface area contributed by atoms with E-state index in [1.54, 1.807) is 24.3 Å². The van der Waals surface area contributed by atoms with Gasteiger partial charge in [0.25, 0.3) is 0 Å². The number of nitrogens with one attached hydrogen (secondary N) is 1. The van der Waals surface area contributed by atoms with Crippen LogP contribution in [0.15, 0.2) is 39.3 Å². The summed E-state index contributed by atoms with van der Waals surface area (Å²) >= 11 is 18.4. The first-order chi connectivity index (χ1) is 13.8. The number of amides is 1. The van der Waals surface area contributed by atoms with E-state index in [9.17, 15) is 9.59 Å². The van der Waals surface area contributed by atoms with Crippen LogP contribution in [-0.2, 0) is 11.2 Å². The molecule has 0 aliphatic rings. The van der Waals surface area contributed by atoms with Crippen LogP contribution in [0.3, 0.4) is 0 Å². The van der Waals surface area contributed by atoms with Crippen molar-refractivity contribution >= 4 is 73.9 Å². The maximum absolute atomic E-state index is 12.5. The highest BCUT2D eigenvalue weighted by atomic mass is 79.9. The lowest BCUT2D eigenvalue weighted by atomic mass is 10.3. The molecule has 0 spiro atoms. The Balaban J connectivity index is 1.86. The minimum absolute atomic E-state index is 0.00386. The molecule has 6 nitrogen and oxygen atoms in total. The Morgan fingerprint density at radius 3 is 2.55 bits per heavy atom. The summed E-state index contributed by atoms with van der Waals surface area (Å²) in [6, 6.07) is 8.78. The highest BCUT2D eigenvalue weighted by Gasteiger charge is 2.18. The third-order valence-electron chi connectivity index (χ3n) is 3.71. The van der Waals surface area contributed by atoms with Crippen LogP contribution >= 0.6 is 62.2 Å². The molecule has 0 aliphatic heterocycles. The first kappa shape index (κ1) is 22.3. The maximum Gasteiger partial charge on any atom is 0.216 e. The molecule has 0 fully saturated rings. The molecule has 0 bridgehead atoms. The zero-order valence-electron chi connectivity index (χ0n) is 15.1. The van der Waals surface area contributed by atoms with Crippen LogP contribution in [-0.4, -0.2) is 38.8 Å². The van der Waals surface area contributed by atoms with Gasteiger partial charge in [-0.05, 0) is 46.3 Å². The van der Waals surface area contributed by atoms with E-state index in [1.165, 1.54) is 30.0 Å². The van der Waals surface area contributed by atoms with Gasteiger partial charge in [0.1, 0.15) is 5.82 Å². The van der Waals surface area contributed by atoms with Crippen LogP contribution in [0.25, 0.3) is 5.69 Å². The lowest BCUT2D eigenvalue weighted by Crippen LogP contribution is -2.23. The molecule has 0 saturated heterocycles. The van der Waals surface area contributed by atoms with E-state index >= 15 is 0 Å². The fourth-order valence-corrected chi connectivity index (χ4v) is 5.28. The largest absolute Gasteiger partial charge is 0.356 e. The highest BCUT2D eigenvalue weighted by Crippen LogP contribution is 2.29. The molecule has 29 heavy (non-hydrogen) atoms. The number of Topliss-reactive ketones (excluding diaryl/α,β-unsaturated/α-hetero) is 1. The van der Waals surface area contributed by atoms with E-state index < -0.39 is 0 Å². The van der Waals surface area contributed by atoms with Gasteiger partial charge in [-0.1, -0.05) is 35.0 Å². The molecule has 0 aliphatic carbocycles. The zero-order valence-corrected chi connectivity index (χ0v) is 19.8. The van der Waals surface area contributed by atoms with E-state index in [-0.39, 0.29) is 17.4 Å². The second-order valence-electron chi connectivity index (χ2n) is 5.91. The van der Waals surface area contributed by atoms with Gasteiger partial charge in [0.05, 0.1) is 20.1 Å². The fourth-order valence-electron chi connectivity index (χ4n) is 2.50. The van der Waals surface area contributed by atoms with Crippen molar-refractivity contribution in [2.24, 2.45) is 0 Å². The van der Waals surface area contributed by atoms with Crippen molar-refractivity contribution in [3.8, 4) is 5.69 Å². The number of carbonyl (C=O) groups is 2. The Hall–Kier alpha value is -1.39. The Labute approximate surface area is 194 Å². The van der Waals surface area contributed by atoms with Gasteiger partial charge >= 0.3 is 0 Å². The first-order valence-electron chi connectivity index (χ1n) is 8.40. The number of ketones is 1. The van der Waals surface area contributed by atoms with Gasteiger partial charge in [0.15, 0.2) is 10.9 Å². The predicted molar refractivity (Wildman–Crippen MR) is 121 cm³/mol. The molecule has 0 unspecified atom stereocenters. The summed E-state index contributed by atoms with van der Waals surface area (Å²) in [5.41, 5.74) is 0.694. The van der Waals surface area contributed by atoms with Gasteiger partial charge in [-0.3, -0.25) is 14.2 Å². The number of rotatable bonds is 8. The maximum atomic E-state index is 12.5. The molecule has 0 radical (unpaired) electrons. The molecule has 1 aromatic carbocycles. The molecule has 152 valence electrons. The summed E-state index contributed by atoms with van der Waals surface area (Å²) in [4.78, 5) is 24.3. The number of thioether (sulfide) groups is 1. The van der Waals surface area contributed by atoms with Crippen LogP contribution in [0.5, 0.6) is 0 Å². The molecule has 3 aromatic rings. The lowest BCUT2D eigenvalue weighted by molar-refractivity contribution is -0.118. The number of carbonyl (C=O) groups excluding carboxylic acids is 2. The SMILES string of the molecule is CC(=O)NCCc1nnc(SCC(=O)c2ccc(Br)s2)n1-c1cc(Cl)cc(Cl)c1. The lowest BCUT2D eigenvalue weighted by Gasteiger charge is -2.11. The quantitative estimate of drug-likeness (QED) is 0.324. The molecule has 2 aromatic heterocycles. The topological polar surface area (TPSA) is 76.9 Å². The van der Waals surface area contributed by atoms with Crippen molar-refractivity contribution in [3.63, 3.8) is 0 Å². The summed E-state index contributed by atoms with van der Waals surface area (Å²) in [5.74, 6) is 0.727. The summed E-state index contributed by atoms with van der Waals surface area (Å²) < 4.78 is 2.71. The van der Waals surface area contributed by atoms with Gasteiger partial charge in [-0.2, -0.15) is 0 Å². The van der Waals surface area contributed by atoms with E-state index in [0.717, 1.165) is 3.79 Å². The number of benzene rings is 1. The third kappa shape index (κ3) is 6.05. The van der Waals surface area contributed by atoms with Gasteiger partial charge in [-0.25, -0.2) is 0 Å². The molecule has 1 N–H and O–H groups in total. The molecule has 0 atom stereocenters. The second kappa shape index (κ2) is 10.1. The molecule has 0 saturated carbocycles. The van der Waals surface area contributed by atoms with Crippen LogP contribution in [0.1, 0.15) is 22.4 Å². The Morgan fingerprint density at radius 1 is 1.21 bits per heavy atom. The molecule has 11 heteroatoms. The van der Waals surface area contributed by atoms with Gasteiger partial charge in [0.2, 0.25) is 5.91 Å². The Morgan fingerprint density at radius 2 is 1.93 bits per heavy atom. The average Bonchev–Trinajstić information content (AvgIpc) is 3.25. The first-order valence-corrected chi connectivity index (χ1v) is 11.7. The summed E-state index contributed by atoms with van der Waals surface area (Å²) in [6.45, 7) is 1.87. The van der Waals surface area contributed by atoms with Crippen LogP contribution in [0.4, 0.5) is 0 Å². The molecular weight excluding hydrogens is 519 g/mol. The highest BCUT2D eigenvalue weighted by molar-refractivity contribution is 9.11. The van der Waals surface area contributed by atoms with Gasteiger partial charge in [-0.15, -0.1) is 21.5 Å². The Bertz CT molecular complexity index is 1030. The minimum atomic E-state index is -0.121. The molecule has 1 amide bonds. The standard InChI is InChI=1S/C18H15BrCl2N4O2S2/c1-10(26)22-5-4-17-23-24-18(25(17)13-7-11(20)6-12(21)8-13)28-9-14(27)15-2-3-16(19)29-15/h2-3,6-8H,4-5,9H2,1H3,(H,22,26). The van der Waals surface area contributed by atoms with Crippen LogP contribution in [0, 0.1) is 0 Å². The summed E-state index contributed by atoms with van der Waals surface area (Å²) in [5, 5.41) is 12.7. The van der Waals surface area contributed by atoms with Crippen molar-refractivity contribution in [2.45, 2.75) is 18.5 Å².